The summed E-state index contributed by atoms with van der Waals surface area (Å²) >= 11 is 0. The van der Waals surface area contributed by atoms with Crippen molar-refractivity contribution in [2.24, 2.45) is 0 Å². The van der Waals surface area contributed by atoms with Crippen LogP contribution < -0.4 is 5.32 Å². The van der Waals surface area contributed by atoms with Gasteiger partial charge in [0.1, 0.15) is 0 Å². The molecule has 2 aliphatic heterocycles. The molecule has 2 atom stereocenters. The molecule has 76 valence electrons. The lowest BCUT2D eigenvalue weighted by Crippen LogP contribution is -2.47. The Bertz CT molecular complexity index is 158. The van der Waals surface area contributed by atoms with Gasteiger partial charge in [0.05, 0.1) is 12.2 Å². The van der Waals surface area contributed by atoms with Gasteiger partial charge in [0.25, 0.3) is 0 Å². The molecule has 0 unspecified atom stereocenters. The Hall–Kier alpha value is -0.120. The fourth-order valence-electron chi connectivity index (χ4n) is 2.40. The molecule has 0 aliphatic carbocycles. The minimum absolute atomic E-state index is 0.374. The lowest BCUT2D eigenvalue weighted by atomic mass is 10.2. The van der Waals surface area contributed by atoms with E-state index in [1.807, 2.05) is 0 Å². The summed E-state index contributed by atoms with van der Waals surface area (Å²) < 4.78 is 5.83. The van der Waals surface area contributed by atoms with Crippen molar-refractivity contribution in [1.29, 1.82) is 0 Å². The quantitative estimate of drug-likeness (QED) is 0.674. The zero-order valence-electron chi connectivity index (χ0n) is 8.62. The largest absolute Gasteiger partial charge is 0.374 e. The fraction of sp³-hybridized carbons (Fsp3) is 1.00. The van der Waals surface area contributed by atoms with Crippen LogP contribution in [0.3, 0.4) is 0 Å². The van der Waals surface area contributed by atoms with E-state index in [2.05, 4.69) is 24.1 Å². The van der Waals surface area contributed by atoms with Crippen LogP contribution in [0.4, 0.5) is 0 Å². The lowest BCUT2D eigenvalue weighted by molar-refractivity contribution is 0.0142. The van der Waals surface area contributed by atoms with E-state index in [9.17, 15) is 0 Å². The Morgan fingerprint density at radius 1 is 1.46 bits per heavy atom. The van der Waals surface area contributed by atoms with Gasteiger partial charge in [-0.05, 0) is 20.3 Å². The molecule has 0 aromatic heterocycles. The molecule has 0 spiro atoms. The molecule has 2 aliphatic rings. The van der Waals surface area contributed by atoms with Crippen molar-refractivity contribution in [2.45, 2.75) is 38.5 Å². The summed E-state index contributed by atoms with van der Waals surface area (Å²) in [6.07, 6.45) is 2.06. The van der Waals surface area contributed by atoms with Crippen LogP contribution >= 0.6 is 0 Å². The van der Waals surface area contributed by atoms with Crippen molar-refractivity contribution >= 4 is 0 Å². The van der Waals surface area contributed by atoms with E-state index in [0.29, 0.717) is 12.2 Å². The number of ether oxygens (including phenoxy) is 1. The molecule has 0 aromatic rings. The predicted octanol–water partition coefficient (Wildman–Crippen LogP) is 0.458. The molecule has 0 amide bonds. The zero-order chi connectivity index (χ0) is 9.26. The minimum Gasteiger partial charge on any atom is -0.374 e. The second-order valence-corrected chi connectivity index (χ2v) is 4.40. The third kappa shape index (κ3) is 2.22. The monoisotopic (exact) mass is 184 g/mol. The number of hydrogen-bond acceptors (Lipinski definition) is 3. The first-order valence-electron chi connectivity index (χ1n) is 5.36. The molecule has 0 radical (unpaired) electrons. The van der Waals surface area contributed by atoms with Crippen LogP contribution in [-0.2, 0) is 4.74 Å². The number of fused-ring (bicyclic) bond motifs is 1. The van der Waals surface area contributed by atoms with E-state index in [1.165, 1.54) is 13.0 Å². The average molecular weight is 184 g/mol. The molecule has 0 saturated carbocycles. The number of rotatable bonds is 2. The smallest absolute Gasteiger partial charge is 0.0720 e. The van der Waals surface area contributed by atoms with E-state index in [-0.39, 0.29) is 0 Å². The number of nitrogens with one attached hydrogen (secondary N) is 1. The van der Waals surface area contributed by atoms with Crippen LogP contribution in [0.1, 0.15) is 20.3 Å². The average Bonchev–Trinajstić information content (AvgIpc) is 2.44. The molecular weight excluding hydrogens is 164 g/mol. The van der Waals surface area contributed by atoms with Gasteiger partial charge in [-0.1, -0.05) is 0 Å². The molecule has 1 N–H and O–H groups in total. The molecule has 0 bridgehead atoms. The van der Waals surface area contributed by atoms with E-state index in [1.54, 1.807) is 0 Å². The van der Waals surface area contributed by atoms with E-state index in [0.717, 1.165) is 25.7 Å². The van der Waals surface area contributed by atoms with Crippen molar-refractivity contribution in [2.75, 3.05) is 26.2 Å². The highest BCUT2D eigenvalue weighted by molar-refractivity contribution is 4.90. The van der Waals surface area contributed by atoms with Gasteiger partial charge in [-0.3, -0.25) is 4.90 Å². The SMILES string of the molecule is CC(C)O[C@H]1C[C@@H]2CNCCN2C1. The molecule has 2 heterocycles. The summed E-state index contributed by atoms with van der Waals surface area (Å²) in [6, 6.07) is 0.734. The molecule has 3 nitrogen and oxygen atoms in total. The Morgan fingerprint density at radius 3 is 3.00 bits per heavy atom. The van der Waals surface area contributed by atoms with Gasteiger partial charge in [-0.15, -0.1) is 0 Å². The van der Waals surface area contributed by atoms with Crippen molar-refractivity contribution in [3.05, 3.63) is 0 Å². The Kier molecular flexibility index (Phi) is 2.86. The van der Waals surface area contributed by atoms with Crippen LogP contribution in [-0.4, -0.2) is 49.3 Å². The summed E-state index contributed by atoms with van der Waals surface area (Å²) in [5.41, 5.74) is 0. The minimum atomic E-state index is 0.374. The third-order valence-electron chi connectivity index (χ3n) is 2.91. The highest BCUT2D eigenvalue weighted by Crippen LogP contribution is 2.21. The molecule has 2 rings (SSSR count). The summed E-state index contributed by atoms with van der Waals surface area (Å²) in [4.78, 5) is 2.56. The Balaban J connectivity index is 1.84. The van der Waals surface area contributed by atoms with E-state index < -0.39 is 0 Å². The first-order chi connectivity index (χ1) is 6.25. The van der Waals surface area contributed by atoms with Crippen LogP contribution in [0.5, 0.6) is 0 Å². The maximum Gasteiger partial charge on any atom is 0.0720 e. The summed E-state index contributed by atoms with van der Waals surface area (Å²) in [5.74, 6) is 0. The second kappa shape index (κ2) is 3.95. The highest BCUT2D eigenvalue weighted by atomic mass is 16.5. The van der Waals surface area contributed by atoms with Crippen LogP contribution in [0.25, 0.3) is 0 Å². The molecule has 2 saturated heterocycles. The lowest BCUT2D eigenvalue weighted by Gasteiger charge is -2.29. The van der Waals surface area contributed by atoms with Gasteiger partial charge in [0, 0.05) is 32.2 Å². The fourth-order valence-corrected chi connectivity index (χ4v) is 2.40. The van der Waals surface area contributed by atoms with Crippen LogP contribution in [0.15, 0.2) is 0 Å². The van der Waals surface area contributed by atoms with Crippen molar-refractivity contribution in [3.8, 4) is 0 Å². The molecule has 2 fully saturated rings. The normalized spacial score (nSPS) is 35.3. The highest BCUT2D eigenvalue weighted by Gasteiger charge is 2.34. The third-order valence-corrected chi connectivity index (χ3v) is 2.91. The van der Waals surface area contributed by atoms with Gasteiger partial charge >= 0.3 is 0 Å². The molecular formula is C10H20N2O. The summed E-state index contributed by atoms with van der Waals surface area (Å²) in [6.45, 7) is 8.88. The maximum atomic E-state index is 5.83. The zero-order valence-corrected chi connectivity index (χ0v) is 8.62. The van der Waals surface area contributed by atoms with Gasteiger partial charge in [-0.2, -0.15) is 0 Å². The van der Waals surface area contributed by atoms with Crippen LogP contribution in [0.2, 0.25) is 0 Å². The van der Waals surface area contributed by atoms with Crippen molar-refractivity contribution in [1.82, 2.24) is 10.2 Å². The van der Waals surface area contributed by atoms with Gasteiger partial charge < -0.3 is 10.1 Å². The molecule has 13 heavy (non-hydrogen) atoms. The number of nitrogens with zero attached hydrogens (tertiary/aromatic N) is 1. The topological polar surface area (TPSA) is 24.5 Å². The molecule has 0 aromatic carbocycles. The Morgan fingerprint density at radius 2 is 2.31 bits per heavy atom. The van der Waals surface area contributed by atoms with Crippen LogP contribution in [0, 0.1) is 0 Å². The summed E-state index contributed by atoms with van der Waals surface area (Å²) in [7, 11) is 0. The second-order valence-electron chi connectivity index (χ2n) is 4.40. The first-order valence-corrected chi connectivity index (χ1v) is 5.36. The van der Waals surface area contributed by atoms with Gasteiger partial charge in [0.15, 0.2) is 0 Å². The van der Waals surface area contributed by atoms with Gasteiger partial charge in [0.2, 0.25) is 0 Å². The predicted molar refractivity (Wildman–Crippen MR) is 52.9 cm³/mol. The van der Waals surface area contributed by atoms with Crippen molar-refractivity contribution in [3.63, 3.8) is 0 Å². The number of hydrogen-bond donors (Lipinski definition) is 1. The first kappa shape index (κ1) is 9.44. The molecule has 3 heteroatoms. The Labute approximate surface area is 80.4 Å². The standard InChI is InChI=1S/C10H20N2O/c1-8(2)13-10-5-9-6-11-3-4-12(9)7-10/h8-11H,3-7H2,1-2H3/t9-,10+/m1/s1. The maximum absolute atomic E-state index is 5.83. The van der Waals surface area contributed by atoms with Crippen molar-refractivity contribution < 1.29 is 4.74 Å². The summed E-state index contributed by atoms with van der Waals surface area (Å²) in [5, 5.41) is 3.43. The van der Waals surface area contributed by atoms with Gasteiger partial charge in [-0.25, -0.2) is 0 Å². The van der Waals surface area contributed by atoms with E-state index in [4.69, 9.17) is 4.74 Å². The van der Waals surface area contributed by atoms with E-state index >= 15 is 0 Å². The number of piperazine rings is 1.